The van der Waals surface area contributed by atoms with Gasteiger partial charge in [-0.1, -0.05) is 64.5 Å². The van der Waals surface area contributed by atoms with E-state index >= 15 is 0 Å². The van der Waals surface area contributed by atoms with Gasteiger partial charge in [0, 0.05) is 72.9 Å². The Morgan fingerprint density at radius 2 is 0.913 bits per heavy atom. The van der Waals surface area contributed by atoms with E-state index in [0.717, 1.165) is 18.0 Å². The SMILES string of the molecule is C1CCOC1.CC(C)OB1OC(C)(C)C(C)(C)O1.CCCCCCc1ccc(-c2ccc(-c3ccc(B4OC(C)(C)C(C)(C)O4)s3)s2)s1.CCCCCCc1ccc(-c2ccc(-c3cccs3)s2)s1. The molecule has 14 heteroatoms. The minimum atomic E-state index is -0.523. The number of hydrogen-bond donors (Lipinski definition) is 0. The second kappa shape index (κ2) is 26.3. The van der Waals surface area contributed by atoms with Crippen molar-refractivity contribution in [3.8, 4) is 39.0 Å². The van der Waals surface area contributed by atoms with Gasteiger partial charge in [-0.15, -0.1) is 68.0 Å². The van der Waals surface area contributed by atoms with Crippen molar-refractivity contribution in [3.05, 3.63) is 87.9 Å². The lowest BCUT2D eigenvalue weighted by Crippen LogP contribution is -2.41. The smallest absolute Gasteiger partial charge is 0.399 e. The zero-order valence-corrected chi connectivity index (χ0v) is 48.4. The Morgan fingerprint density at radius 3 is 1.33 bits per heavy atom. The van der Waals surface area contributed by atoms with E-state index < -0.39 is 7.32 Å². The first-order valence-electron chi connectivity index (χ1n) is 25.4. The molecule has 6 nitrogen and oxygen atoms in total. The maximum atomic E-state index is 6.22. The summed E-state index contributed by atoms with van der Waals surface area (Å²) in [5.41, 5.74) is -1.20. The van der Waals surface area contributed by atoms with E-state index in [-0.39, 0.29) is 35.6 Å². The fraction of sp³-hybridized carbons (Fsp3) is 0.564. The van der Waals surface area contributed by atoms with Gasteiger partial charge >= 0.3 is 14.4 Å². The third-order valence-corrected chi connectivity index (χ3v) is 20.4. The molecule has 69 heavy (non-hydrogen) atoms. The fourth-order valence-electron chi connectivity index (χ4n) is 7.51. The van der Waals surface area contributed by atoms with Crippen LogP contribution >= 0.6 is 68.0 Å². The highest BCUT2D eigenvalue weighted by Gasteiger charge is 2.53. The molecule has 0 radical (unpaired) electrons. The summed E-state index contributed by atoms with van der Waals surface area (Å²) in [4.78, 5) is 14.0. The second-order valence-electron chi connectivity index (χ2n) is 20.3. The summed E-state index contributed by atoms with van der Waals surface area (Å²) in [7, 11) is -0.800. The molecule has 0 atom stereocenters. The van der Waals surface area contributed by atoms with Crippen LogP contribution in [0.4, 0.5) is 0 Å². The second-order valence-corrected chi connectivity index (χ2v) is 26.9. The van der Waals surface area contributed by atoms with Gasteiger partial charge in [0.1, 0.15) is 0 Å². The lowest BCUT2D eigenvalue weighted by molar-refractivity contribution is 0.00578. The van der Waals surface area contributed by atoms with Crippen LogP contribution in [0, 0.1) is 0 Å². The van der Waals surface area contributed by atoms with Gasteiger partial charge in [0.2, 0.25) is 0 Å². The van der Waals surface area contributed by atoms with Crippen molar-refractivity contribution in [1.29, 1.82) is 0 Å². The Kier molecular flexibility index (Phi) is 21.5. The van der Waals surface area contributed by atoms with Crippen molar-refractivity contribution in [2.45, 2.75) is 189 Å². The monoisotopic (exact) mass is 1050 g/mol. The van der Waals surface area contributed by atoms with Crippen LogP contribution in [0.2, 0.25) is 0 Å². The van der Waals surface area contributed by atoms with Crippen molar-refractivity contribution in [2.75, 3.05) is 13.2 Å². The van der Waals surface area contributed by atoms with E-state index in [1.807, 2.05) is 98.2 Å². The zero-order valence-electron chi connectivity index (χ0n) is 43.5. The Balaban J connectivity index is 0.000000173. The predicted molar refractivity (Wildman–Crippen MR) is 306 cm³/mol. The number of thiophene rings is 6. The summed E-state index contributed by atoms with van der Waals surface area (Å²) in [6.45, 7) is 26.9. The van der Waals surface area contributed by atoms with Crippen LogP contribution in [0.3, 0.4) is 0 Å². The summed E-state index contributed by atoms with van der Waals surface area (Å²) in [5.74, 6) is 0. The molecule has 9 heterocycles. The Morgan fingerprint density at radius 1 is 0.493 bits per heavy atom. The van der Waals surface area contributed by atoms with Crippen LogP contribution in [0.5, 0.6) is 0 Å². The summed E-state index contributed by atoms with van der Waals surface area (Å²) in [6.07, 6.45) is 15.8. The number of aryl methyl sites for hydroxylation is 2. The van der Waals surface area contributed by atoms with E-state index in [2.05, 4.69) is 120 Å². The highest BCUT2D eigenvalue weighted by Crippen LogP contribution is 2.42. The Labute approximate surface area is 440 Å². The summed E-state index contributed by atoms with van der Waals surface area (Å²) in [5, 5.41) is 2.15. The summed E-state index contributed by atoms with van der Waals surface area (Å²) < 4.78 is 35.2. The van der Waals surface area contributed by atoms with Gasteiger partial charge in [-0.25, -0.2) is 0 Å². The molecule has 3 fully saturated rings. The number of ether oxygens (including phenoxy) is 1. The van der Waals surface area contributed by atoms with Gasteiger partial charge in [-0.3, -0.25) is 0 Å². The van der Waals surface area contributed by atoms with Crippen LogP contribution in [-0.2, 0) is 40.9 Å². The molecular weight excluding hydrogens is 971 g/mol. The first kappa shape index (κ1) is 56.4. The average molecular weight is 1050 g/mol. The van der Waals surface area contributed by atoms with Crippen molar-refractivity contribution >= 4 is 87.2 Å². The van der Waals surface area contributed by atoms with Gasteiger partial charge in [-0.2, -0.15) is 0 Å². The molecule has 0 aromatic carbocycles. The van der Waals surface area contributed by atoms with E-state index in [0.29, 0.717) is 0 Å². The molecule has 0 bridgehead atoms. The highest BCUT2D eigenvalue weighted by atomic mass is 32.1. The first-order valence-corrected chi connectivity index (χ1v) is 30.3. The van der Waals surface area contributed by atoms with Gasteiger partial charge in [0.25, 0.3) is 0 Å². The molecule has 3 aliphatic heterocycles. The van der Waals surface area contributed by atoms with Crippen molar-refractivity contribution < 1.29 is 28.0 Å². The van der Waals surface area contributed by atoms with E-state index in [4.69, 9.17) is 28.0 Å². The largest absolute Gasteiger partial charge is 0.640 e. The molecule has 0 spiro atoms. The van der Waals surface area contributed by atoms with Crippen LogP contribution in [-0.4, -0.2) is 56.2 Å². The highest BCUT2D eigenvalue weighted by molar-refractivity contribution is 7.29. The standard InChI is InChI=1S/C24H31BO2S3.C18H20S3.C9H19BO3.C4H8O/c1-6-7-8-9-10-17-11-12-18(28-17)19-13-14-20(29-19)21-15-16-22(30-21)25-26-23(2,3)24(4,5)27-25;1-2-3-4-5-7-14-9-10-17(20-14)18-12-11-16(21-18)15-8-6-13-19-15;1-7(2)11-10-12-8(3,4)9(5,6)13-10;1-2-4-5-3-1/h11-16H,6-10H2,1-5H3;6,8-13H,2-5,7H2,1H3;7H,1-6H3;1-4H2. The molecule has 3 aliphatic rings. The third kappa shape index (κ3) is 16.3. The lowest BCUT2D eigenvalue weighted by atomic mass is 9.88. The molecule has 0 N–H and O–H groups in total. The molecular formula is C55H78B2O6S6. The van der Waals surface area contributed by atoms with E-state index in [1.54, 1.807) is 11.3 Å². The third-order valence-electron chi connectivity index (χ3n) is 13.1. The first-order chi connectivity index (χ1) is 32.9. The van der Waals surface area contributed by atoms with Gasteiger partial charge < -0.3 is 28.0 Å². The topological polar surface area (TPSA) is 55.4 Å². The maximum Gasteiger partial charge on any atom is 0.640 e. The summed E-state index contributed by atoms with van der Waals surface area (Å²) in [6, 6.07) is 26.9. The quantitative estimate of drug-likeness (QED) is 0.0670. The van der Waals surface area contributed by atoms with Gasteiger partial charge in [-0.05, 0) is 174 Å². The zero-order chi connectivity index (χ0) is 49.7. The Bertz CT molecular complexity index is 2340. The fourth-order valence-corrected chi connectivity index (χ4v) is 13.7. The minimum absolute atomic E-state index is 0.120. The Hall–Kier alpha value is -1.91. The molecule has 0 amide bonds. The summed E-state index contributed by atoms with van der Waals surface area (Å²) >= 11 is 11.3. The average Bonchev–Trinajstić information content (AvgIpc) is 4.14. The molecule has 6 aromatic heterocycles. The van der Waals surface area contributed by atoms with Crippen LogP contribution < -0.4 is 4.78 Å². The molecule has 0 unspecified atom stereocenters. The van der Waals surface area contributed by atoms with Gasteiger partial charge in [0.05, 0.1) is 22.4 Å². The lowest BCUT2D eigenvalue weighted by Gasteiger charge is -2.32. The van der Waals surface area contributed by atoms with Crippen LogP contribution in [0.25, 0.3) is 39.0 Å². The molecule has 6 aromatic rings. The molecule has 376 valence electrons. The number of rotatable bonds is 17. The molecule has 0 aliphatic carbocycles. The van der Waals surface area contributed by atoms with Crippen molar-refractivity contribution in [2.24, 2.45) is 0 Å². The van der Waals surface area contributed by atoms with E-state index in [9.17, 15) is 0 Å². The van der Waals surface area contributed by atoms with Crippen LogP contribution in [0.1, 0.15) is 157 Å². The molecule has 9 rings (SSSR count). The molecule has 3 saturated heterocycles. The molecule has 0 saturated carbocycles. The van der Waals surface area contributed by atoms with Crippen molar-refractivity contribution in [3.63, 3.8) is 0 Å². The normalized spacial score (nSPS) is 17.6. The van der Waals surface area contributed by atoms with Crippen LogP contribution in [0.15, 0.2) is 78.2 Å². The number of hydrogen-bond acceptors (Lipinski definition) is 12. The van der Waals surface area contributed by atoms with E-state index in [1.165, 1.54) is 126 Å². The van der Waals surface area contributed by atoms with Crippen molar-refractivity contribution in [1.82, 2.24) is 0 Å². The van der Waals surface area contributed by atoms with Gasteiger partial charge in [0.15, 0.2) is 0 Å². The number of unbranched alkanes of at least 4 members (excludes halogenated alkanes) is 6. The predicted octanol–water partition coefficient (Wildman–Crippen LogP) is 17.8. The maximum absolute atomic E-state index is 6.22. The minimum Gasteiger partial charge on any atom is -0.399 e.